The van der Waals surface area contributed by atoms with E-state index in [2.05, 4.69) is 25.9 Å². The number of pyridine rings is 1. The van der Waals surface area contributed by atoms with E-state index in [1.54, 1.807) is 6.21 Å². The number of anilines is 2. The number of amides is 1. The lowest BCUT2D eigenvalue weighted by Gasteiger charge is -2.15. The van der Waals surface area contributed by atoms with E-state index < -0.39 is 29.2 Å². The zero-order chi connectivity index (χ0) is 22.2. The number of benzene rings is 1. The van der Waals surface area contributed by atoms with Crippen LogP contribution < -0.4 is 15.9 Å². The Kier molecular flexibility index (Phi) is 5.33. The summed E-state index contributed by atoms with van der Waals surface area (Å²) in [5, 5.41) is 11.4. The Morgan fingerprint density at radius 3 is 2.55 bits per heavy atom. The van der Waals surface area contributed by atoms with E-state index in [9.17, 15) is 22.4 Å². The molecule has 0 radical (unpaired) electrons. The predicted molar refractivity (Wildman–Crippen MR) is 105 cm³/mol. The number of hydrogen-bond acceptors (Lipinski definition) is 6. The van der Waals surface area contributed by atoms with Crippen molar-refractivity contribution in [2.75, 3.05) is 17.0 Å². The minimum Gasteiger partial charge on any atom is -0.320 e. The molecule has 4 rings (SSSR count). The molecule has 0 spiro atoms. The fourth-order valence-corrected chi connectivity index (χ4v) is 3.09. The minimum absolute atomic E-state index is 0.0551. The summed E-state index contributed by atoms with van der Waals surface area (Å²) in [5.74, 6) is -1.43. The maximum atomic E-state index is 13.7. The number of aromatic nitrogens is 3. The number of hydrazine groups is 1. The molecular formula is C18H12ClF4N7O. The first-order valence-electron chi connectivity index (χ1n) is 8.68. The molecule has 2 aromatic heterocycles. The first-order chi connectivity index (χ1) is 14.7. The summed E-state index contributed by atoms with van der Waals surface area (Å²) in [6.45, 7) is 0.481. The number of hydrazone groups is 1. The molecule has 0 aliphatic carbocycles. The van der Waals surface area contributed by atoms with Crippen LogP contribution in [-0.4, -0.2) is 33.4 Å². The van der Waals surface area contributed by atoms with E-state index in [0.29, 0.717) is 11.2 Å². The van der Waals surface area contributed by atoms with Gasteiger partial charge in [0.1, 0.15) is 5.82 Å². The Labute approximate surface area is 177 Å². The van der Waals surface area contributed by atoms with E-state index in [4.69, 9.17) is 11.6 Å². The SMILES string of the molecule is O=C(Nc1cnc(N2N=CCN2)c(Cl)c1)c1cnn(-c2ccc(F)cc2)c1C(F)(F)F. The highest BCUT2D eigenvalue weighted by atomic mass is 35.5. The second-order valence-corrected chi connectivity index (χ2v) is 6.66. The van der Waals surface area contributed by atoms with Crippen molar-refractivity contribution in [3.05, 3.63) is 64.8 Å². The van der Waals surface area contributed by atoms with Gasteiger partial charge in [0.2, 0.25) is 0 Å². The third-order valence-corrected chi connectivity index (χ3v) is 4.44. The monoisotopic (exact) mass is 453 g/mol. The molecule has 3 aromatic rings. The van der Waals surface area contributed by atoms with E-state index >= 15 is 0 Å². The van der Waals surface area contributed by atoms with E-state index in [1.165, 1.54) is 17.4 Å². The van der Waals surface area contributed by atoms with Crippen LogP contribution in [0.15, 0.2) is 47.8 Å². The van der Waals surface area contributed by atoms with Gasteiger partial charge in [-0.2, -0.15) is 28.5 Å². The van der Waals surface area contributed by atoms with Crippen LogP contribution in [0, 0.1) is 5.82 Å². The smallest absolute Gasteiger partial charge is 0.320 e. The van der Waals surface area contributed by atoms with Gasteiger partial charge in [0.15, 0.2) is 11.5 Å². The standard InChI is InChI=1S/C18H12ClF4N7O/c19-14-7-11(8-24-16(14)30-25-5-6-26-30)28-17(31)13-9-27-29(15(13)18(21,22)23)12-3-1-10(20)2-4-12/h1-5,7-9,26H,6H2,(H,28,31). The third-order valence-electron chi connectivity index (χ3n) is 4.16. The lowest BCUT2D eigenvalue weighted by molar-refractivity contribution is -0.143. The summed E-state index contributed by atoms with van der Waals surface area (Å²) >= 11 is 6.14. The highest BCUT2D eigenvalue weighted by molar-refractivity contribution is 6.33. The molecule has 1 aliphatic rings. The van der Waals surface area contributed by atoms with Gasteiger partial charge >= 0.3 is 6.18 Å². The number of alkyl halides is 3. The van der Waals surface area contributed by atoms with Gasteiger partial charge in [-0.15, -0.1) is 0 Å². The molecule has 13 heteroatoms. The van der Waals surface area contributed by atoms with Crippen LogP contribution in [0.2, 0.25) is 5.02 Å². The number of carbonyl (C=O) groups excluding carboxylic acids is 1. The lowest BCUT2D eigenvalue weighted by Crippen LogP contribution is -2.29. The Hall–Kier alpha value is -3.51. The van der Waals surface area contributed by atoms with Gasteiger partial charge in [-0.25, -0.2) is 19.5 Å². The second kappa shape index (κ2) is 7.96. The molecule has 31 heavy (non-hydrogen) atoms. The van der Waals surface area contributed by atoms with Crippen LogP contribution >= 0.6 is 11.6 Å². The number of hydrogen-bond donors (Lipinski definition) is 2. The number of halogens is 5. The summed E-state index contributed by atoms with van der Waals surface area (Å²) in [5.41, 5.74) is 0.859. The summed E-state index contributed by atoms with van der Waals surface area (Å²) in [6.07, 6.45) is -1.30. The topological polar surface area (TPSA) is 87.4 Å². The first-order valence-corrected chi connectivity index (χ1v) is 9.06. The average Bonchev–Trinajstić information content (AvgIpc) is 3.38. The molecule has 0 bridgehead atoms. The molecular weight excluding hydrogens is 442 g/mol. The predicted octanol–water partition coefficient (Wildman–Crippen LogP) is 3.64. The van der Waals surface area contributed by atoms with E-state index in [1.807, 2.05) is 0 Å². The van der Waals surface area contributed by atoms with Gasteiger partial charge in [0.05, 0.1) is 40.9 Å². The zero-order valence-electron chi connectivity index (χ0n) is 15.4. The minimum atomic E-state index is -4.91. The van der Waals surface area contributed by atoms with E-state index in [0.717, 1.165) is 30.5 Å². The van der Waals surface area contributed by atoms with Crippen LogP contribution in [0.3, 0.4) is 0 Å². The van der Waals surface area contributed by atoms with Crippen molar-refractivity contribution < 1.29 is 22.4 Å². The van der Waals surface area contributed by atoms with Crippen LogP contribution in [0.25, 0.3) is 5.69 Å². The van der Waals surface area contributed by atoms with Crippen LogP contribution in [0.5, 0.6) is 0 Å². The molecule has 0 saturated carbocycles. The number of carbonyl (C=O) groups is 1. The highest BCUT2D eigenvalue weighted by Crippen LogP contribution is 2.34. The van der Waals surface area contributed by atoms with Gasteiger partial charge in [-0.1, -0.05) is 11.6 Å². The van der Waals surface area contributed by atoms with Crippen molar-refractivity contribution in [3.8, 4) is 5.69 Å². The lowest BCUT2D eigenvalue weighted by atomic mass is 10.2. The molecule has 160 valence electrons. The van der Waals surface area contributed by atoms with Crippen molar-refractivity contribution in [2.45, 2.75) is 6.18 Å². The summed E-state index contributed by atoms with van der Waals surface area (Å²) in [4.78, 5) is 16.7. The van der Waals surface area contributed by atoms with Gasteiger partial charge < -0.3 is 5.32 Å². The Bertz CT molecular complexity index is 1160. The van der Waals surface area contributed by atoms with Gasteiger partial charge in [0, 0.05) is 6.21 Å². The van der Waals surface area contributed by atoms with Crippen molar-refractivity contribution in [1.29, 1.82) is 0 Å². The first kappa shape index (κ1) is 20.8. The van der Waals surface area contributed by atoms with Crippen LogP contribution in [0.1, 0.15) is 16.1 Å². The van der Waals surface area contributed by atoms with Gasteiger partial charge in [-0.05, 0) is 30.3 Å². The molecule has 1 aliphatic heterocycles. The maximum Gasteiger partial charge on any atom is 0.434 e. The number of rotatable bonds is 4. The van der Waals surface area contributed by atoms with Crippen molar-refractivity contribution in [2.24, 2.45) is 5.10 Å². The molecule has 3 heterocycles. The molecule has 1 amide bonds. The molecule has 0 unspecified atom stereocenters. The molecule has 1 aromatic carbocycles. The molecule has 0 atom stereocenters. The van der Waals surface area contributed by atoms with Gasteiger partial charge in [-0.3, -0.25) is 4.79 Å². The summed E-state index contributed by atoms with van der Waals surface area (Å²) in [7, 11) is 0. The van der Waals surface area contributed by atoms with Crippen LogP contribution in [0.4, 0.5) is 29.1 Å². The van der Waals surface area contributed by atoms with E-state index in [-0.39, 0.29) is 22.2 Å². The second-order valence-electron chi connectivity index (χ2n) is 6.25. The fourth-order valence-electron chi connectivity index (χ4n) is 2.84. The number of nitrogens with zero attached hydrogens (tertiary/aromatic N) is 5. The summed E-state index contributed by atoms with van der Waals surface area (Å²) < 4.78 is 54.8. The Morgan fingerprint density at radius 1 is 1.19 bits per heavy atom. The van der Waals surface area contributed by atoms with Gasteiger partial charge in [0.25, 0.3) is 5.91 Å². The highest BCUT2D eigenvalue weighted by Gasteiger charge is 2.40. The largest absolute Gasteiger partial charge is 0.434 e. The van der Waals surface area contributed by atoms with Crippen molar-refractivity contribution >= 4 is 35.2 Å². The van der Waals surface area contributed by atoms with Crippen LogP contribution in [-0.2, 0) is 6.18 Å². The molecule has 8 nitrogen and oxygen atoms in total. The maximum absolute atomic E-state index is 13.7. The quantitative estimate of drug-likeness (QED) is 0.589. The summed E-state index contributed by atoms with van der Waals surface area (Å²) in [6, 6.07) is 5.55. The molecule has 0 saturated heterocycles. The van der Waals surface area contributed by atoms with Crippen molar-refractivity contribution in [1.82, 2.24) is 20.2 Å². The number of nitrogens with one attached hydrogen (secondary N) is 2. The van der Waals surface area contributed by atoms with Crippen molar-refractivity contribution in [3.63, 3.8) is 0 Å². The molecule has 2 N–H and O–H groups in total. The third kappa shape index (κ3) is 4.20. The fraction of sp³-hybridized carbons (Fsp3) is 0.111. The normalized spacial score (nSPS) is 13.6. The Morgan fingerprint density at radius 2 is 1.94 bits per heavy atom. The average molecular weight is 454 g/mol. The molecule has 0 fully saturated rings. The zero-order valence-corrected chi connectivity index (χ0v) is 16.1. The Balaban J connectivity index is 1.63.